The molecule has 0 saturated heterocycles. The summed E-state index contributed by atoms with van der Waals surface area (Å²) < 4.78 is 5.76. The average molecular weight is 293 g/mol. The summed E-state index contributed by atoms with van der Waals surface area (Å²) in [5.74, 6) is 0.913. The minimum Gasteiger partial charge on any atom is -0.478 e. The van der Waals surface area contributed by atoms with Gasteiger partial charge in [-0.2, -0.15) is 0 Å². The number of fused-ring (bicyclic) bond motifs is 1. The van der Waals surface area contributed by atoms with E-state index in [0.29, 0.717) is 0 Å². The first-order valence-electron chi connectivity index (χ1n) is 7.87. The van der Waals surface area contributed by atoms with E-state index in [1.165, 1.54) is 16.7 Å². The van der Waals surface area contributed by atoms with Gasteiger partial charge in [-0.1, -0.05) is 25.1 Å². The van der Waals surface area contributed by atoms with E-state index in [-0.39, 0.29) is 5.54 Å². The number of aliphatic imine (C=N–C) groups is 1. The van der Waals surface area contributed by atoms with Crippen LogP contribution >= 0.6 is 0 Å². The third-order valence-electron chi connectivity index (χ3n) is 4.68. The predicted octanol–water partition coefficient (Wildman–Crippen LogP) is 3.21. The van der Waals surface area contributed by atoms with Crippen molar-refractivity contribution in [2.45, 2.75) is 38.1 Å². The molecule has 1 aliphatic carbocycles. The SMILES string of the molecule is CCC1=NC2(CCc3c(cccc3-c3cncnc3)C2)CO1. The molecule has 0 N–H and O–H groups in total. The lowest BCUT2D eigenvalue weighted by atomic mass is 9.77. The maximum absolute atomic E-state index is 5.76. The molecule has 2 heterocycles. The molecular weight excluding hydrogens is 274 g/mol. The highest BCUT2D eigenvalue weighted by Gasteiger charge is 2.39. The molecule has 2 aliphatic rings. The van der Waals surface area contributed by atoms with E-state index in [1.54, 1.807) is 6.33 Å². The minimum atomic E-state index is -0.0375. The van der Waals surface area contributed by atoms with Crippen LogP contribution in [0.1, 0.15) is 30.9 Å². The van der Waals surface area contributed by atoms with Crippen molar-refractivity contribution in [1.82, 2.24) is 9.97 Å². The summed E-state index contributed by atoms with van der Waals surface area (Å²) in [5.41, 5.74) is 5.12. The van der Waals surface area contributed by atoms with Crippen molar-refractivity contribution in [3.8, 4) is 11.1 Å². The number of ether oxygens (including phenoxy) is 1. The normalized spacial score (nSPS) is 23.0. The van der Waals surface area contributed by atoms with E-state index < -0.39 is 0 Å². The molecule has 0 bridgehead atoms. The molecule has 1 unspecified atom stereocenters. The molecule has 2 aromatic rings. The average Bonchev–Trinajstić information content (AvgIpc) is 2.97. The molecule has 0 radical (unpaired) electrons. The Bertz CT molecular complexity index is 726. The fourth-order valence-electron chi connectivity index (χ4n) is 3.55. The first kappa shape index (κ1) is 13.4. The first-order valence-corrected chi connectivity index (χ1v) is 7.87. The molecule has 4 nitrogen and oxygen atoms in total. The highest BCUT2D eigenvalue weighted by molar-refractivity contribution is 5.78. The quantitative estimate of drug-likeness (QED) is 0.854. The molecule has 0 fully saturated rings. The first-order chi connectivity index (χ1) is 10.8. The predicted molar refractivity (Wildman–Crippen MR) is 85.9 cm³/mol. The van der Waals surface area contributed by atoms with E-state index in [9.17, 15) is 0 Å². The maximum atomic E-state index is 5.76. The Morgan fingerprint density at radius 1 is 1.23 bits per heavy atom. The summed E-state index contributed by atoms with van der Waals surface area (Å²) in [6, 6.07) is 6.52. The van der Waals surface area contributed by atoms with Crippen LogP contribution in [-0.2, 0) is 17.6 Å². The maximum Gasteiger partial charge on any atom is 0.183 e. The van der Waals surface area contributed by atoms with Gasteiger partial charge in [0, 0.05) is 30.8 Å². The minimum absolute atomic E-state index is 0.0375. The van der Waals surface area contributed by atoms with Crippen molar-refractivity contribution in [3.63, 3.8) is 0 Å². The second-order valence-corrected chi connectivity index (χ2v) is 6.12. The van der Waals surface area contributed by atoms with Gasteiger partial charge < -0.3 is 4.74 Å². The second-order valence-electron chi connectivity index (χ2n) is 6.12. The van der Waals surface area contributed by atoms with Crippen molar-refractivity contribution < 1.29 is 4.74 Å². The summed E-state index contributed by atoms with van der Waals surface area (Å²) in [4.78, 5) is 13.2. The summed E-state index contributed by atoms with van der Waals surface area (Å²) >= 11 is 0. The summed E-state index contributed by atoms with van der Waals surface area (Å²) in [5, 5.41) is 0. The lowest BCUT2D eigenvalue weighted by molar-refractivity contribution is 0.234. The van der Waals surface area contributed by atoms with E-state index in [1.807, 2.05) is 12.4 Å². The molecular formula is C18H19N3O. The van der Waals surface area contributed by atoms with Gasteiger partial charge in [0.2, 0.25) is 0 Å². The van der Waals surface area contributed by atoms with Crippen LogP contribution in [0.4, 0.5) is 0 Å². The van der Waals surface area contributed by atoms with Gasteiger partial charge in [-0.3, -0.25) is 0 Å². The van der Waals surface area contributed by atoms with Gasteiger partial charge in [-0.25, -0.2) is 15.0 Å². The van der Waals surface area contributed by atoms with E-state index in [4.69, 9.17) is 9.73 Å². The molecule has 1 aromatic heterocycles. The Balaban J connectivity index is 1.72. The fourth-order valence-corrected chi connectivity index (χ4v) is 3.55. The lowest BCUT2D eigenvalue weighted by Crippen LogP contribution is -2.35. The molecule has 112 valence electrons. The zero-order valence-electron chi connectivity index (χ0n) is 12.7. The largest absolute Gasteiger partial charge is 0.478 e. The van der Waals surface area contributed by atoms with E-state index in [0.717, 1.165) is 43.8 Å². The number of hydrogen-bond acceptors (Lipinski definition) is 4. The lowest BCUT2D eigenvalue weighted by Gasteiger charge is -2.31. The monoisotopic (exact) mass is 293 g/mol. The third-order valence-corrected chi connectivity index (χ3v) is 4.68. The van der Waals surface area contributed by atoms with E-state index in [2.05, 4.69) is 35.1 Å². The topological polar surface area (TPSA) is 47.4 Å². The molecule has 4 heteroatoms. The van der Waals surface area contributed by atoms with Crippen LogP contribution < -0.4 is 0 Å². The highest BCUT2D eigenvalue weighted by atomic mass is 16.5. The smallest absolute Gasteiger partial charge is 0.183 e. The van der Waals surface area contributed by atoms with Gasteiger partial charge >= 0.3 is 0 Å². The van der Waals surface area contributed by atoms with Crippen LogP contribution in [0.3, 0.4) is 0 Å². The van der Waals surface area contributed by atoms with E-state index >= 15 is 0 Å². The highest BCUT2D eigenvalue weighted by Crippen LogP contribution is 2.38. The standard InChI is InChI=1S/C18H19N3O/c1-2-17-21-18(11-22-17)7-6-16-13(8-18)4-3-5-15(16)14-9-19-12-20-10-14/h3-5,9-10,12H,2,6-8,11H2,1H3. The van der Waals surface area contributed by atoms with Gasteiger partial charge in [0.1, 0.15) is 18.5 Å². The van der Waals surface area contributed by atoms with Crippen LogP contribution in [0, 0.1) is 0 Å². The Hall–Kier alpha value is -2.23. The van der Waals surface area contributed by atoms with Gasteiger partial charge in [0.25, 0.3) is 0 Å². The molecule has 0 saturated carbocycles. The van der Waals surface area contributed by atoms with Gasteiger partial charge in [0.05, 0.1) is 0 Å². The Morgan fingerprint density at radius 3 is 2.86 bits per heavy atom. The fraction of sp³-hybridized carbons (Fsp3) is 0.389. The third kappa shape index (κ3) is 2.19. The zero-order chi connectivity index (χ0) is 15.0. The number of benzene rings is 1. The molecule has 4 rings (SSSR count). The van der Waals surface area contributed by atoms with Crippen LogP contribution in [0.25, 0.3) is 11.1 Å². The Morgan fingerprint density at radius 2 is 2.09 bits per heavy atom. The number of nitrogens with zero attached hydrogens (tertiary/aromatic N) is 3. The van der Waals surface area contributed by atoms with Crippen molar-refractivity contribution in [2.75, 3.05) is 6.61 Å². The Labute approximate surface area is 130 Å². The summed E-state index contributed by atoms with van der Waals surface area (Å²) in [6.07, 6.45) is 9.28. The summed E-state index contributed by atoms with van der Waals surface area (Å²) in [6.45, 7) is 2.83. The van der Waals surface area contributed by atoms with Crippen LogP contribution in [0.2, 0.25) is 0 Å². The van der Waals surface area contributed by atoms with Crippen molar-refractivity contribution in [2.24, 2.45) is 4.99 Å². The molecule has 0 amide bonds. The van der Waals surface area contributed by atoms with Crippen LogP contribution in [-0.4, -0.2) is 28.0 Å². The molecule has 1 aromatic carbocycles. The van der Waals surface area contributed by atoms with Crippen LogP contribution in [0.5, 0.6) is 0 Å². The number of aromatic nitrogens is 2. The van der Waals surface area contributed by atoms with Crippen LogP contribution in [0.15, 0.2) is 41.9 Å². The zero-order valence-corrected chi connectivity index (χ0v) is 12.7. The Kier molecular flexibility index (Phi) is 3.17. The molecule has 22 heavy (non-hydrogen) atoms. The van der Waals surface area contributed by atoms with Crippen molar-refractivity contribution >= 4 is 5.90 Å². The molecule has 1 aliphatic heterocycles. The van der Waals surface area contributed by atoms with Gasteiger partial charge in [-0.05, 0) is 29.5 Å². The van der Waals surface area contributed by atoms with Gasteiger partial charge in [-0.15, -0.1) is 0 Å². The number of rotatable bonds is 2. The second kappa shape index (κ2) is 5.20. The molecule has 1 spiro atoms. The van der Waals surface area contributed by atoms with Crippen molar-refractivity contribution in [1.29, 1.82) is 0 Å². The van der Waals surface area contributed by atoms with Crippen molar-refractivity contribution in [3.05, 3.63) is 48.0 Å². The van der Waals surface area contributed by atoms with Gasteiger partial charge in [0.15, 0.2) is 5.90 Å². The summed E-state index contributed by atoms with van der Waals surface area (Å²) in [7, 11) is 0. The molecule has 1 atom stereocenters. The number of hydrogen-bond donors (Lipinski definition) is 0.